The molecule has 1 heterocycles. The van der Waals surface area contributed by atoms with E-state index in [9.17, 15) is 9.59 Å². The summed E-state index contributed by atoms with van der Waals surface area (Å²) < 4.78 is 0. The number of hydrogen-bond donors (Lipinski definition) is 2. The largest absolute Gasteiger partial charge is 0.369 e. The molecule has 20 heavy (non-hydrogen) atoms. The Hall–Kier alpha value is -1.87. The van der Waals surface area contributed by atoms with Gasteiger partial charge in [0.25, 0.3) is 5.91 Å². The number of carbonyl (C=O) groups is 2. The molecule has 106 valence electrons. The van der Waals surface area contributed by atoms with E-state index in [1.54, 1.807) is 11.4 Å². The Kier molecular flexibility index (Phi) is 4.74. The lowest BCUT2D eigenvalue weighted by atomic mass is 9.94. The van der Waals surface area contributed by atoms with Crippen LogP contribution in [0, 0.1) is 17.2 Å². The SMILES string of the molecule is N#Cc1ccsc1C(=O)N[C@H]1CCCCC[C@@H]1C(N)=O. The third-order valence-electron chi connectivity index (χ3n) is 3.69. The monoisotopic (exact) mass is 291 g/mol. The van der Waals surface area contributed by atoms with Gasteiger partial charge in [-0.15, -0.1) is 11.3 Å². The lowest BCUT2D eigenvalue weighted by molar-refractivity contribution is -0.122. The van der Waals surface area contributed by atoms with Gasteiger partial charge in [0.1, 0.15) is 10.9 Å². The van der Waals surface area contributed by atoms with Gasteiger partial charge in [-0.1, -0.05) is 19.3 Å². The molecule has 0 bridgehead atoms. The molecule has 0 unspecified atom stereocenters. The molecule has 1 aliphatic carbocycles. The highest BCUT2D eigenvalue weighted by molar-refractivity contribution is 7.12. The first-order valence-corrected chi connectivity index (χ1v) is 7.59. The van der Waals surface area contributed by atoms with Gasteiger partial charge in [-0.05, 0) is 24.3 Å². The highest BCUT2D eigenvalue weighted by Crippen LogP contribution is 2.24. The summed E-state index contributed by atoms with van der Waals surface area (Å²) in [5.74, 6) is -0.953. The zero-order chi connectivity index (χ0) is 14.5. The van der Waals surface area contributed by atoms with Gasteiger partial charge in [-0.25, -0.2) is 0 Å². The van der Waals surface area contributed by atoms with E-state index in [-0.39, 0.29) is 23.8 Å². The number of nitrogens with zero attached hydrogens (tertiary/aromatic N) is 1. The van der Waals surface area contributed by atoms with Gasteiger partial charge in [0, 0.05) is 6.04 Å². The van der Waals surface area contributed by atoms with Gasteiger partial charge < -0.3 is 11.1 Å². The maximum Gasteiger partial charge on any atom is 0.262 e. The van der Waals surface area contributed by atoms with Crippen LogP contribution >= 0.6 is 11.3 Å². The van der Waals surface area contributed by atoms with Crippen LogP contribution in [-0.2, 0) is 4.79 Å². The molecule has 0 radical (unpaired) electrons. The van der Waals surface area contributed by atoms with Crippen molar-refractivity contribution in [2.45, 2.75) is 38.1 Å². The van der Waals surface area contributed by atoms with Crippen LogP contribution in [0.3, 0.4) is 0 Å². The molecule has 0 aliphatic heterocycles. The van der Waals surface area contributed by atoms with Crippen LogP contribution in [0.5, 0.6) is 0 Å². The summed E-state index contributed by atoms with van der Waals surface area (Å²) in [4.78, 5) is 24.2. The Balaban J connectivity index is 2.12. The minimum absolute atomic E-state index is 0.226. The molecule has 1 aliphatic rings. The zero-order valence-electron chi connectivity index (χ0n) is 11.1. The van der Waals surface area contributed by atoms with Crippen molar-refractivity contribution in [3.63, 3.8) is 0 Å². The maximum atomic E-state index is 12.2. The summed E-state index contributed by atoms with van der Waals surface area (Å²) >= 11 is 1.23. The van der Waals surface area contributed by atoms with E-state index in [4.69, 9.17) is 11.0 Å². The Bertz CT molecular complexity index is 547. The Morgan fingerprint density at radius 2 is 2.10 bits per heavy atom. The highest BCUT2D eigenvalue weighted by Gasteiger charge is 2.30. The number of nitrogens with one attached hydrogen (secondary N) is 1. The minimum Gasteiger partial charge on any atom is -0.369 e. The first-order chi connectivity index (χ1) is 9.63. The van der Waals surface area contributed by atoms with Crippen molar-refractivity contribution in [2.24, 2.45) is 11.7 Å². The molecule has 0 saturated heterocycles. The van der Waals surface area contributed by atoms with Crippen molar-refractivity contribution in [1.82, 2.24) is 5.32 Å². The fourth-order valence-electron chi connectivity index (χ4n) is 2.63. The number of primary amides is 1. The lowest BCUT2D eigenvalue weighted by Gasteiger charge is -2.23. The van der Waals surface area contributed by atoms with Crippen molar-refractivity contribution in [2.75, 3.05) is 0 Å². The number of carbonyl (C=O) groups excluding carboxylic acids is 2. The summed E-state index contributed by atoms with van der Waals surface area (Å²) in [5, 5.41) is 13.6. The molecule has 0 spiro atoms. The average Bonchev–Trinajstić information content (AvgIpc) is 2.78. The van der Waals surface area contributed by atoms with Gasteiger partial charge in [0.15, 0.2) is 0 Å². The third-order valence-corrected chi connectivity index (χ3v) is 4.60. The molecule has 0 aromatic carbocycles. The number of nitrogens with two attached hydrogens (primary N) is 1. The first kappa shape index (κ1) is 14.5. The molecular weight excluding hydrogens is 274 g/mol. The Labute approximate surface area is 121 Å². The zero-order valence-corrected chi connectivity index (χ0v) is 11.9. The van der Waals surface area contributed by atoms with Crippen molar-refractivity contribution >= 4 is 23.2 Å². The van der Waals surface area contributed by atoms with Gasteiger partial charge in [-0.3, -0.25) is 9.59 Å². The van der Waals surface area contributed by atoms with Crippen LogP contribution in [0.4, 0.5) is 0 Å². The van der Waals surface area contributed by atoms with Gasteiger partial charge >= 0.3 is 0 Å². The van der Waals surface area contributed by atoms with Crippen LogP contribution in [0.2, 0.25) is 0 Å². The summed E-state index contributed by atoms with van der Waals surface area (Å²) in [6, 6.07) is 3.40. The number of rotatable bonds is 3. The number of thiophene rings is 1. The fourth-order valence-corrected chi connectivity index (χ4v) is 3.37. The van der Waals surface area contributed by atoms with Crippen LogP contribution in [0.15, 0.2) is 11.4 Å². The molecule has 2 atom stereocenters. The van der Waals surface area contributed by atoms with E-state index in [0.29, 0.717) is 10.4 Å². The van der Waals surface area contributed by atoms with Crippen LogP contribution in [0.25, 0.3) is 0 Å². The lowest BCUT2D eigenvalue weighted by Crippen LogP contribution is -2.44. The molecule has 6 heteroatoms. The molecule has 1 fully saturated rings. The maximum absolute atomic E-state index is 12.2. The summed E-state index contributed by atoms with van der Waals surface area (Å²) in [7, 11) is 0. The van der Waals surface area contributed by atoms with E-state index < -0.39 is 0 Å². The predicted molar refractivity (Wildman–Crippen MR) is 76.1 cm³/mol. The van der Waals surface area contributed by atoms with E-state index in [1.165, 1.54) is 11.3 Å². The van der Waals surface area contributed by atoms with Crippen molar-refractivity contribution in [3.05, 3.63) is 21.9 Å². The molecule has 2 rings (SSSR count). The number of hydrogen-bond acceptors (Lipinski definition) is 4. The van der Waals surface area contributed by atoms with Crippen molar-refractivity contribution < 1.29 is 9.59 Å². The van der Waals surface area contributed by atoms with Crippen molar-refractivity contribution in [1.29, 1.82) is 5.26 Å². The smallest absolute Gasteiger partial charge is 0.262 e. The third kappa shape index (κ3) is 3.17. The van der Waals surface area contributed by atoms with E-state index in [0.717, 1.165) is 32.1 Å². The topological polar surface area (TPSA) is 96.0 Å². The Morgan fingerprint density at radius 3 is 2.80 bits per heavy atom. The number of amides is 2. The second-order valence-corrected chi connectivity index (χ2v) is 5.92. The van der Waals surface area contributed by atoms with E-state index in [2.05, 4.69) is 5.32 Å². The van der Waals surface area contributed by atoms with Crippen LogP contribution in [0.1, 0.15) is 47.3 Å². The summed E-state index contributed by atoms with van der Waals surface area (Å²) in [6.45, 7) is 0. The first-order valence-electron chi connectivity index (χ1n) is 6.71. The summed E-state index contributed by atoms with van der Waals surface area (Å²) in [5.41, 5.74) is 5.81. The minimum atomic E-state index is -0.358. The fraction of sp³-hybridized carbons (Fsp3) is 0.500. The molecular formula is C14H17N3O2S. The van der Waals surface area contributed by atoms with Gasteiger partial charge in [0.05, 0.1) is 11.5 Å². The normalized spacial score (nSPS) is 22.6. The summed E-state index contributed by atoms with van der Waals surface area (Å²) in [6.07, 6.45) is 4.47. The molecule has 2 amide bonds. The van der Waals surface area contributed by atoms with Gasteiger partial charge in [-0.2, -0.15) is 5.26 Å². The second kappa shape index (κ2) is 6.53. The van der Waals surface area contributed by atoms with Crippen LogP contribution < -0.4 is 11.1 Å². The van der Waals surface area contributed by atoms with E-state index in [1.807, 2.05) is 6.07 Å². The highest BCUT2D eigenvalue weighted by atomic mass is 32.1. The number of nitriles is 1. The molecule has 1 aromatic rings. The average molecular weight is 291 g/mol. The second-order valence-electron chi connectivity index (χ2n) is 5.00. The van der Waals surface area contributed by atoms with Gasteiger partial charge in [0.2, 0.25) is 5.91 Å². The predicted octanol–water partition coefficient (Wildman–Crippen LogP) is 1.78. The quantitative estimate of drug-likeness (QED) is 0.831. The van der Waals surface area contributed by atoms with Crippen LogP contribution in [-0.4, -0.2) is 17.9 Å². The molecule has 5 nitrogen and oxygen atoms in total. The molecule has 1 saturated carbocycles. The van der Waals surface area contributed by atoms with Crippen molar-refractivity contribution in [3.8, 4) is 6.07 Å². The van der Waals surface area contributed by atoms with E-state index >= 15 is 0 Å². The molecule has 1 aromatic heterocycles. The Morgan fingerprint density at radius 1 is 1.35 bits per heavy atom. The molecule has 3 N–H and O–H groups in total. The standard InChI is InChI=1S/C14H17N3O2S/c15-8-9-6-7-20-12(9)14(19)17-11-5-3-1-2-4-10(11)13(16)18/h6-7,10-11H,1-5H2,(H2,16,18)(H,17,19)/t10-,11-/m0/s1.